The van der Waals surface area contributed by atoms with Crippen molar-refractivity contribution in [1.29, 1.82) is 0 Å². The van der Waals surface area contributed by atoms with E-state index in [1.54, 1.807) is 0 Å². The summed E-state index contributed by atoms with van der Waals surface area (Å²) in [7, 11) is -2.34. The number of carbonyl (C=O) groups is 1. The van der Waals surface area contributed by atoms with Gasteiger partial charge in [0.15, 0.2) is 10.7 Å². The second kappa shape index (κ2) is 6.20. The van der Waals surface area contributed by atoms with Crippen molar-refractivity contribution >= 4 is 16.6 Å². The molecule has 0 aliphatic carbocycles. The maximum absolute atomic E-state index is 11.7. The predicted octanol–water partition coefficient (Wildman–Crippen LogP) is -0.254. The van der Waals surface area contributed by atoms with Crippen LogP contribution in [-0.2, 0) is 15.5 Å². The van der Waals surface area contributed by atoms with E-state index in [9.17, 15) is 13.2 Å². The van der Waals surface area contributed by atoms with E-state index in [2.05, 4.69) is 0 Å². The summed E-state index contributed by atoms with van der Waals surface area (Å²) >= 11 is 0. The van der Waals surface area contributed by atoms with Crippen LogP contribution in [0.15, 0.2) is 0 Å². The first-order chi connectivity index (χ1) is 7.49. The maximum Gasteiger partial charge on any atom is 0.222 e. The number of thiol groups is 1. The van der Waals surface area contributed by atoms with Crippen LogP contribution in [0.25, 0.3) is 0 Å². The number of piperazine rings is 1. The largest absolute Gasteiger partial charge is 0.340 e. The Morgan fingerprint density at radius 1 is 1.19 bits per heavy atom. The average Bonchev–Trinajstić information content (AvgIpc) is 2.16. The summed E-state index contributed by atoms with van der Waals surface area (Å²) in [4.78, 5) is 15.4. The molecule has 1 saturated heterocycles. The van der Waals surface area contributed by atoms with Crippen molar-refractivity contribution in [2.24, 2.45) is 5.92 Å². The first-order valence-corrected chi connectivity index (χ1v) is 6.97. The van der Waals surface area contributed by atoms with Crippen LogP contribution in [0.2, 0.25) is 0 Å². The maximum atomic E-state index is 11.7. The van der Waals surface area contributed by atoms with Crippen molar-refractivity contribution in [2.75, 3.05) is 32.1 Å². The number of carbonyl (C=O) groups excluding carboxylic acids is 1. The minimum atomic E-state index is -2.34. The van der Waals surface area contributed by atoms with E-state index in [0.29, 0.717) is 38.5 Å². The third-order valence-corrected chi connectivity index (χ3v) is 3.25. The highest BCUT2D eigenvalue weighted by atomic mass is 32.2. The van der Waals surface area contributed by atoms with Crippen molar-refractivity contribution in [3.05, 3.63) is 0 Å². The van der Waals surface area contributed by atoms with Gasteiger partial charge in [0.05, 0.1) is 5.88 Å². The van der Waals surface area contributed by atoms with Crippen LogP contribution in [-0.4, -0.2) is 56.2 Å². The molecule has 6 heteroatoms. The van der Waals surface area contributed by atoms with Crippen molar-refractivity contribution in [1.82, 2.24) is 9.80 Å². The Labute approximate surface area is 98.4 Å². The normalized spacial score (nSPS) is 18.4. The SMILES string of the molecule is CC(C)CC(=O)N1CCN(C[SH](=O)=O)CC1. The van der Waals surface area contributed by atoms with Gasteiger partial charge in [0.25, 0.3) is 0 Å². The lowest BCUT2D eigenvalue weighted by molar-refractivity contribution is -0.133. The highest BCUT2D eigenvalue weighted by molar-refractivity contribution is 7.72. The molecule has 1 rings (SSSR count). The molecule has 0 unspecified atom stereocenters. The van der Waals surface area contributed by atoms with Gasteiger partial charge >= 0.3 is 0 Å². The lowest BCUT2D eigenvalue weighted by Gasteiger charge is -2.33. The molecular weight excluding hydrogens is 228 g/mol. The highest BCUT2D eigenvalue weighted by Crippen LogP contribution is 2.07. The Balaban J connectivity index is 2.34. The molecule has 0 aromatic rings. The zero-order valence-electron chi connectivity index (χ0n) is 9.89. The topological polar surface area (TPSA) is 57.7 Å². The van der Waals surface area contributed by atoms with E-state index in [1.807, 2.05) is 23.6 Å². The zero-order chi connectivity index (χ0) is 12.1. The second-order valence-corrected chi connectivity index (χ2v) is 5.52. The van der Waals surface area contributed by atoms with Crippen molar-refractivity contribution in [3.8, 4) is 0 Å². The van der Waals surface area contributed by atoms with Crippen molar-refractivity contribution in [2.45, 2.75) is 20.3 Å². The van der Waals surface area contributed by atoms with Crippen molar-refractivity contribution < 1.29 is 13.2 Å². The predicted molar refractivity (Wildman–Crippen MR) is 62.8 cm³/mol. The zero-order valence-corrected chi connectivity index (χ0v) is 10.8. The van der Waals surface area contributed by atoms with E-state index in [0.717, 1.165) is 0 Å². The molecule has 16 heavy (non-hydrogen) atoms. The Morgan fingerprint density at radius 2 is 1.75 bits per heavy atom. The molecule has 1 aliphatic heterocycles. The first kappa shape index (κ1) is 13.4. The quantitative estimate of drug-likeness (QED) is 0.697. The summed E-state index contributed by atoms with van der Waals surface area (Å²) in [5.74, 6) is 0.671. The van der Waals surface area contributed by atoms with Gasteiger partial charge in [-0.25, -0.2) is 8.42 Å². The van der Waals surface area contributed by atoms with Gasteiger partial charge in [0, 0.05) is 32.6 Å². The van der Waals surface area contributed by atoms with E-state index >= 15 is 0 Å². The Bertz CT molecular complexity index is 299. The molecule has 1 aliphatic rings. The molecule has 1 fully saturated rings. The van der Waals surface area contributed by atoms with Gasteiger partial charge in [-0.05, 0) is 5.92 Å². The fourth-order valence-electron chi connectivity index (χ4n) is 1.78. The molecule has 0 aromatic heterocycles. The monoisotopic (exact) mass is 248 g/mol. The van der Waals surface area contributed by atoms with Gasteiger partial charge in [0.2, 0.25) is 5.91 Å². The number of hydrogen-bond acceptors (Lipinski definition) is 4. The van der Waals surface area contributed by atoms with Crippen LogP contribution >= 0.6 is 0 Å². The van der Waals surface area contributed by atoms with E-state index in [1.165, 1.54) is 0 Å². The van der Waals surface area contributed by atoms with Gasteiger partial charge in [-0.2, -0.15) is 0 Å². The lowest BCUT2D eigenvalue weighted by Crippen LogP contribution is -2.49. The van der Waals surface area contributed by atoms with Crippen LogP contribution in [0.4, 0.5) is 0 Å². The van der Waals surface area contributed by atoms with Crippen LogP contribution in [0.1, 0.15) is 20.3 Å². The fraction of sp³-hybridized carbons (Fsp3) is 0.900. The summed E-state index contributed by atoms with van der Waals surface area (Å²) in [6.07, 6.45) is 0.579. The summed E-state index contributed by atoms with van der Waals surface area (Å²) in [5.41, 5.74) is 0. The molecule has 0 spiro atoms. The number of amides is 1. The number of hydrogen-bond donors (Lipinski definition) is 1. The molecule has 5 nitrogen and oxygen atoms in total. The Morgan fingerprint density at radius 3 is 2.19 bits per heavy atom. The van der Waals surface area contributed by atoms with Gasteiger partial charge in [0.1, 0.15) is 0 Å². The highest BCUT2D eigenvalue weighted by Gasteiger charge is 2.21. The molecule has 0 aromatic carbocycles. The molecule has 0 bridgehead atoms. The van der Waals surface area contributed by atoms with E-state index < -0.39 is 10.7 Å². The van der Waals surface area contributed by atoms with Gasteiger partial charge < -0.3 is 4.90 Å². The molecular formula is C10H20N2O3S. The van der Waals surface area contributed by atoms with Crippen LogP contribution in [0.3, 0.4) is 0 Å². The molecule has 94 valence electrons. The van der Waals surface area contributed by atoms with Gasteiger partial charge in [-0.15, -0.1) is 0 Å². The summed E-state index contributed by atoms with van der Waals surface area (Å²) in [5, 5.41) is 0. The van der Waals surface area contributed by atoms with E-state index in [-0.39, 0.29) is 11.8 Å². The lowest BCUT2D eigenvalue weighted by atomic mass is 10.1. The third kappa shape index (κ3) is 4.49. The third-order valence-electron chi connectivity index (χ3n) is 2.62. The van der Waals surface area contributed by atoms with Gasteiger partial charge in [-0.3, -0.25) is 9.69 Å². The molecule has 0 atom stereocenters. The van der Waals surface area contributed by atoms with Crippen LogP contribution < -0.4 is 0 Å². The summed E-state index contributed by atoms with van der Waals surface area (Å²) < 4.78 is 21.1. The van der Waals surface area contributed by atoms with Crippen LogP contribution in [0, 0.1) is 5.92 Å². The average molecular weight is 248 g/mol. The molecule has 0 N–H and O–H groups in total. The van der Waals surface area contributed by atoms with Crippen molar-refractivity contribution in [3.63, 3.8) is 0 Å². The summed E-state index contributed by atoms with van der Waals surface area (Å²) in [6.45, 7) is 6.66. The summed E-state index contributed by atoms with van der Waals surface area (Å²) in [6, 6.07) is 0. The molecule has 1 heterocycles. The standard InChI is InChI=1S/C10H20N2O3S/c1-9(2)7-10(13)12-5-3-11(4-6-12)8-16(14)15/h9,16H,3-8H2,1-2H3. The van der Waals surface area contributed by atoms with Gasteiger partial charge in [-0.1, -0.05) is 13.8 Å². The Hall–Kier alpha value is -0.620. The minimum absolute atomic E-state index is 0.113. The first-order valence-electron chi connectivity index (χ1n) is 5.61. The Kier molecular flexibility index (Phi) is 5.21. The molecule has 0 saturated carbocycles. The number of rotatable bonds is 4. The fourth-order valence-corrected chi connectivity index (χ4v) is 2.39. The molecule has 1 amide bonds. The van der Waals surface area contributed by atoms with E-state index in [4.69, 9.17) is 0 Å². The molecule has 0 radical (unpaired) electrons. The number of nitrogens with zero attached hydrogens (tertiary/aromatic N) is 2. The van der Waals surface area contributed by atoms with Crippen LogP contribution in [0.5, 0.6) is 0 Å². The smallest absolute Gasteiger partial charge is 0.222 e. The second-order valence-electron chi connectivity index (χ2n) is 4.57. The minimum Gasteiger partial charge on any atom is -0.340 e.